The van der Waals surface area contributed by atoms with E-state index in [0.717, 1.165) is 0 Å². The molecule has 2 N–H and O–H groups in total. The van der Waals surface area contributed by atoms with Gasteiger partial charge in [-0.25, -0.2) is 8.78 Å². The van der Waals surface area contributed by atoms with Gasteiger partial charge in [-0.05, 0) is 47.3 Å². The third-order valence-corrected chi connectivity index (χ3v) is 3.77. The predicted molar refractivity (Wildman–Crippen MR) is 64.7 cm³/mol. The van der Waals surface area contributed by atoms with E-state index in [-0.39, 0.29) is 16.5 Å². The van der Waals surface area contributed by atoms with Crippen LogP contribution in [0.1, 0.15) is 18.4 Å². The zero-order chi connectivity index (χ0) is 12.5. The van der Waals surface area contributed by atoms with Crippen LogP contribution in [0.3, 0.4) is 0 Å². The molecule has 0 atom stereocenters. The Hall–Kier alpha value is -0.520. The van der Waals surface area contributed by atoms with Gasteiger partial charge in [0.2, 0.25) is 0 Å². The topological polar surface area (TPSA) is 35.2 Å². The zero-order valence-corrected chi connectivity index (χ0v) is 10.9. The molecule has 0 aromatic heterocycles. The van der Waals surface area contributed by atoms with Crippen molar-refractivity contribution < 1.29 is 13.5 Å². The van der Waals surface area contributed by atoms with Crippen molar-refractivity contribution in [3.8, 4) is 0 Å². The highest BCUT2D eigenvalue weighted by Gasteiger charge is 2.30. The lowest BCUT2D eigenvalue weighted by molar-refractivity contribution is 0.0527. The molecule has 94 valence electrons. The van der Waals surface area contributed by atoms with Gasteiger partial charge in [-0.1, -0.05) is 0 Å². The molecule has 0 unspecified atom stereocenters. The van der Waals surface area contributed by atoms with Gasteiger partial charge in [-0.2, -0.15) is 0 Å². The van der Waals surface area contributed by atoms with Crippen LogP contribution < -0.4 is 5.73 Å². The summed E-state index contributed by atoms with van der Waals surface area (Å²) >= 11 is 3.06. The van der Waals surface area contributed by atoms with Gasteiger partial charge in [-0.15, -0.1) is 0 Å². The molecule has 1 aliphatic rings. The molecule has 17 heavy (non-hydrogen) atoms. The Balaban J connectivity index is 2.26. The number of nitrogens with two attached hydrogens (primary N) is 1. The van der Waals surface area contributed by atoms with Gasteiger partial charge in [-0.3, -0.25) is 0 Å². The largest absolute Gasteiger partial charge is 0.381 e. The molecule has 1 saturated heterocycles. The number of ether oxygens (including phenoxy) is 1. The van der Waals surface area contributed by atoms with Crippen LogP contribution in [0.2, 0.25) is 0 Å². The lowest BCUT2D eigenvalue weighted by atomic mass is 9.84. The Bertz CT molecular complexity index is 419. The third-order valence-electron chi connectivity index (χ3n) is 3.16. The van der Waals surface area contributed by atoms with E-state index in [1.54, 1.807) is 0 Å². The van der Waals surface area contributed by atoms with Gasteiger partial charge in [0.15, 0.2) is 0 Å². The van der Waals surface area contributed by atoms with Gasteiger partial charge < -0.3 is 10.5 Å². The van der Waals surface area contributed by atoms with Crippen LogP contribution in [0, 0.1) is 11.6 Å². The smallest absolute Gasteiger partial charge is 0.143 e. The molecule has 0 spiro atoms. The number of rotatable bonds is 2. The van der Waals surface area contributed by atoms with Crippen LogP contribution in [0.15, 0.2) is 16.6 Å². The first-order valence-corrected chi connectivity index (χ1v) is 6.30. The zero-order valence-electron chi connectivity index (χ0n) is 9.31. The molecule has 5 heteroatoms. The molecule has 0 bridgehead atoms. The molecule has 0 aliphatic carbocycles. The van der Waals surface area contributed by atoms with E-state index in [1.165, 1.54) is 12.1 Å². The average molecular weight is 306 g/mol. The SMILES string of the molecule is NC1(Cc2c(F)ccc(Br)c2F)CCOCC1. The van der Waals surface area contributed by atoms with Crippen molar-refractivity contribution in [2.75, 3.05) is 13.2 Å². The van der Waals surface area contributed by atoms with E-state index in [2.05, 4.69) is 15.9 Å². The predicted octanol–water partition coefficient (Wildman–Crippen LogP) is 2.78. The minimum atomic E-state index is -0.569. The van der Waals surface area contributed by atoms with E-state index in [4.69, 9.17) is 10.5 Å². The van der Waals surface area contributed by atoms with E-state index in [0.29, 0.717) is 26.1 Å². The van der Waals surface area contributed by atoms with Crippen LogP contribution in [0.5, 0.6) is 0 Å². The van der Waals surface area contributed by atoms with Crippen molar-refractivity contribution in [1.82, 2.24) is 0 Å². The number of benzene rings is 1. The molecule has 1 aliphatic heterocycles. The van der Waals surface area contributed by atoms with Gasteiger partial charge >= 0.3 is 0 Å². The van der Waals surface area contributed by atoms with Crippen molar-refractivity contribution >= 4 is 15.9 Å². The van der Waals surface area contributed by atoms with Gasteiger partial charge in [0.25, 0.3) is 0 Å². The second-order valence-electron chi connectivity index (χ2n) is 4.47. The maximum atomic E-state index is 13.8. The third kappa shape index (κ3) is 2.84. The highest BCUT2D eigenvalue weighted by atomic mass is 79.9. The molecule has 1 aromatic rings. The first kappa shape index (κ1) is 12.9. The molecule has 1 aromatic carbocycles. The fourth-order valence-electron chi connectivity index (χ4n) is 2.04. The normalized spacial score (nSPS) is 19.3. The monoisotopic (exact) mass is 305 g/mol. The summed E-state index contributed by atoms with van der Waals surface area (Å²) in [6, 6.07) is 2.62. The average Bonchev–Trinajstić information content (AvgIpc) is 2.31. The summed E-state index contributed by atoms with van der Waals surface area (Å²) in [6.07, 6.45) is 1.45. The lowest BCUT2D eigenvalue weighted by Gasteiger charge is -2.33. The number of hydrogen-bond acceptors (Lipinski definition) is 2. The summed E-state index contributed by atoms with van der Waals surface area (Å²) < 4.78 is 32.9. The molecule has 0 amide bonds. The first-order valence-electron chi connectivity index (χ1n) is 5.51. The van der Waals surface area contributed by atoms with Crippen LogP contribution in [0.25, 0.3) is 0 Å². The van der Waals surface area contributed by atoms with E-state index in [1.807, 2.05) is 0 Å². The number of hydrogen-bond donors (Lipinski definition) is 1. The minimum Gasteiger partial charge on any atom is -0.381 e. The summed E-state index contributed by atoms with van der Waals surface area (Å²) in [6.45, 7) is 1.10. The van der Waals surface area contributed by atoms with Gasteiger partial charge in [0.1, 0.15) is 11.6 Å². The van der Waals surface area contributed by atoms with Gasteiger partial charge in [0, 0.05) is 24.3 Å². The second-order valence-corrected chi connectivity index (χ2v) is 5.33. The quantitative estimate of drug-likeness (QED) is 0.853. The summed E-state index contributed by atoms with van der Waals surface area (Å²) in [4.78, 5) is 0. The van der Waals surface area contributed by atoms with Crippen molar-refractivity contribution in [3.05, 3.63) is 33.8 Å². The standard InChI is InChI=1S/C12H14BrF2NO/c13-9-1-2-10(14)8(11(9)15)7-12(16)3-5-17-6-4-12/h1-2H,3-7,16H2. The molecule has 0 radical (unpaired) electrons. The fraction of sp³-hybridized carbons (Fsp3) is 0.500. The molecule has 1 heterocycles. The molecule has 0 saturated carbocycles. The van der Waals surface area contributed by atoms with Crippen LogP contribution in [-0.2, 0) is 11.2 Å². The summed E-state index contributed by atoms with van der Waals surface area (Å²) in [5.41, 5.74) is 5.64. The minimum absolute atomic E-state index is 0.0591. The lowest BCUT2D eigenvalue weighted by Crippen LogP contribution is -2.47. The molecule has 2 rings (SSSR count). The van der Waals surface area contributed by atoms with Gasteiger partial charge in [0.05, 0.1) is 4.47 Å². The van der Waals surface area contributed by atoms with Crippen molar-refractivity contribution in [2.24, 2.45) is 5.73 Å². The number of halogens is 3. The van der Waals surface area contributed by atoms with Crippen molar-refractivity contribution in [1.29, 1.82) is 0 Å². The summed E-state index contributed by atoms with van der Waals surface area (Å²) in [5, 5.41) is 0. The Labute approximate surface area is 107 Å². The second kappa shape index (κ2) is 5.00. The van der Waals surface area contributed by atoms with E-state index >= 15 is 0 Å². The van der Waals surface area contributed by atoms with Crippen LogP contribution >= 0.6 is 15.9 Å². The van der Waals surface area contributed by atoms with Crippen LogP contribution in [0.4, 0.5) is 8.78 Å². The van der Waals surface area contributed by atoms with E-state index in [9.17, 15) is 8.78 Å². The Morgan fingerprint density at radius 1 is 1.29 bits per heavy atom. The summed E-state index contributed by atoms with van der Waals surface area (Å²) in [5.74, 6) is -1.09. The molecule has 1 fully saturated rings. The maximum Gasteiger partial charge on any atom is 0.143 e. The molecular formula is C12H14BrF2NO. The maximum absolute atomic E-state index is 13.8. The Morgan fingerprint density at radius 3 is 2.59 bits per heavy atom. The van der Waals surface area contributed by atoms with Crippen molar-refractivity contribution in [2.45, 2.75) is 24.8 Å². The van der Waals surface area contributed by atoms with Crippen LogP contribution in [-0.4, -0.2) is 18.8 Å². The molecule has 2 nitrogen and oxygen atoms in total. The highest BCUT2D eigenvalue weighted by Crippen LogP contribution is 2.28. The first-order chi connectivity index (χ1) is 8.02. The van der Waals surface area contributed by atoms with Crippen molar-refractivity contribution in [3.63, 3.8) is 0 Å². The Morgan fingerprint density at radius 2 is 1.94 bits per heavy atom. The molecular weight excluding hydrogens is 292 g/mol. The summed E-state index contributed by atoms with van der Waals surface area (Å²) in [7, 11) is 0. The van der Waals surface area contributed by atoms with E-state index < -0.39 is 17.2 Å². The fourth-order valence-corrected chi connectivity index (χ4v) is 2.41. The Kier molecular flexibility index (Phi) is 3.80. The highest BCUT2D eigenvalue weighted by molar-refractivity contribution is 9.10.